The lowest BCUT2D eigenvalue weighted by molar-refractivity contribution is 0.0280. The Morgan fingerprint density at radius 3 is 2.08 bits per heavy atom. The average Bonchev–Trinajstić information content (AvgIpc) is 1.98. The van der Waals surface area contributed by atoms with E-state index >= 15 is 0 Å². The van der Waals surface area contributed by atoms with Gasteiger partial charge in [0.1, 0.15) is 0 Å². The molecule has 0 bridgehead atoms. The van der Waals surface area contributed by atoms with Gasteiger partial charge in [0.2, 0.25) is 0 Å². The van der Waals surface area contributed by atoms with E-state index in [9.17, 15) is 0 Å². The molecule has 0 aromatic heterocycles. The highest BCUT2D eigenvalue weighted by Crippen LogP contribution is 2.36. The predicted octanol–water partition coefficient (Wildman–Crippen LogP) is 2.29. The van der Waals surface area contributed by atoms with E-state index in [0.717, 1.165) is 0 Å². The Labute approximate surface area is 82.7 Å². The highest BCUT2D eigenvalue weighted by molar-refractivity contribution is 6.74. The molecule has 4 heteroatoms. The van der Waals surface area contributed by atoms with E-state index in [1.807, 2.05) is 6.92 Å². The van der Waals surface area contributed by atoms with Gasteiger partial charge >= 0.3 is 0 Å². The third kappa shape index (κ3) is 4.22. The molecule has 0 aliphatic rings. The first kappa shape index (κ1) is 13.1. The average molecular weight is 205 g/mol. The topological polar surface area (TPSA) is 44.5 Å². The Kier molecular flexibility index (Phi) is 4.58. The molecule has 0 radical (unpaired) electrons. The van der Waals surface area contributed by atoms with E-state index in [-0.39, 0.29) is 11.1 Å². The molecule has 0 aliphatic heterocycles. The molecule has 0 heterocycles. The van der Waals surface area contributed by atoms with Gasteiger partial charge in [-0.3, -0.25) is 4.84 Å². The Hall–Kier alpha value is 0.0969. The maximum atomic E-state index is 5.88. The standard InChI is InChI=1S/C9H23NO2Si/c1-8(12-10)7-11-13(5,6)9(2,3)4/h8H,7,10H2,1-6H3. The zero-order chi connectivity index (χ0) is 10.7. The summed E-state index contributed by atoms with van der Waals surface area (Å²) < 4.78 is 5.88. The minimum atomic E-state index is -1.62. The summed E-state index contributed by atoms with van der Waals surface area (Å²) in [5, 5.41) is 0.251. The summed E-state index contributed by atoms with van der Waals surface area (Å²) in [4.78, 5) is 4.66. The van der Waals surface area contributed by atoms with E-state index in [1.165, 1.54) is 0 Å². The summed E-state index contributed by atoms with van der Waals surface area (Å²) in [6.07, 6.45) is -0.0193. The van der Waals surface area contributed by atoms with Crippen LogP contribution in [-0.4, -0.2) is 21.0 Å². The molecule has 13 heavy (non-hydrogen) atoms. The Morgan fingerprint density at radius 1 is 1.31 bits per heavy atom. The van der Waals surface area contributed by atoms with Crippen LogP contribution in [-0.2, 0) is 9.26 Å². The van der Waals surface area contributed by atoms with Crippen molar-refractivity contribution in [3.8, 4) is 0 Å². The quantitative estimate of drug-likeness (QED) is 0.566. The molecule has 3 nitrogen and oxygen atoms in total. The summed E-state index contributed by atoms with van der Waals surface area (Å²) in [5.41, 5.74) is 0. The fraction of sp³-hybridized carbons (Fsp3) is 1.00. The first-order valence-electron chi connectivity index (χ1n) is 4.70. The van der Waals surface area contributed by atoms with E-state index in [0.29, 0.717) is 6.61 Å². The smallest absolute Gasteiger partial charge is 0.192 e. The van der Waals surface area contributed by atoms with E-state index in [1.54, 1.807) is 0 Å². The molecule has 0 rings (SSSR count). The van der Waals surface area contributed by atoms with Gasteiger partial charge in [0, 0.05) is 0 Å². The van der Waals surface area contributed by atoms with Crippen molar-refractivity contribution in [2.45, 2.75) is 51.9 Å². The summed E-state index contributed by atoms with van der Waals surface area (Å²) in [7, 11) is -1.62. The largest absolute Gasteiger partial charge is 0.414 e. The van der Waals surface area contributed by atoms with Crippen LogP contribution in [0.15, 0.2) is 0 Å². The third-order valence-electron chi connectivity index (χ3n) is 2.72. The molecular weight excluding hydrogens is 182 g/mol. The first-order chi connectivity index (χ1) is 5.70. The molecule has 0 aromatic rings. The van der Waals surface area contributed by atoms with Crippen LogP contribution in [0.3, 0.4) is 0 Å². The minimum Gasteiger partial charge on any atom is -0.414 e. The third-order valence-corrected chi connectivity index (χ3v) is 7.22. The van der Waals surface area contributed by atoms with Crippen molar-refractivity contribution < 1.29 is 9.26 Å². The van der Waals surface area contributed by atoms with Crippen molar-refractivity contribution in [1.82, 2.24) is 0 Å². The molecule has 80 valence electrons. The van der Waals surface area contributed by atoms with Gasteiger partial charge < -0.3 is 4.43 Å². The lowest BCUT2D eigenvalue weighted by Gasteiger charge is -2.36. The van der Waals surface area contributed by atoms with Gasteiger partial charge in [-0.15, -0.1) is 0 Å². The summed E-state index contributed by atoms with van der Waals surface area (Å²) in [6.45, 7) is 13.6. The van der Waals surface area contributed by atoms with E-state index < -0.39 is 8.32 Å². The first-order valence-corrected chi connectivity index (χ1v) is 7.61. The Balaban J connectivity index is 4.04. The zero-order valence-electron chi connectivity index (χ0n) is 9.68. The fourth-order valence-electron chi connectivity index (χ4n) is 0.581. The molecule has 0 saturated carbocycles. The minimum absolute atomic E-state index is 0.0193. The van der Waals surface area contributed by atoms with Crippen molar-refractivity contribution in [2.24, 2.45) is 5.90 Å². The summed E-state index contributed by atoms with van der Waals surface area (Å²) in [5.74, 6) is 5.05. The van der Waals surface area contributed by atoms with Crippen molar-refractivity contribution in [3.05, 3.63) is 0 Å². The maximum absolute atomic E-state index is 5.88. The Morgan fingerprint density at radius 2 is 1.77 bits per heavy atom. The van der Waals surface area contributed by atoms with Crippen molar-refractivity contribution >= 4 is 8.32 Å². The predicted molar refractivity (Wildman–Crippen MR) is 57.9 cm³/mol. The van der Waals surface area contributed by atoms with Gasteiger partial charge in [0.05, 0.1) is 12.7 Å². The summed E-state index contributed by atoms with van der Waals surface area (Å²) >= 11 is 0. The van der Waals surface area contributed by atoms with Crippen LogP contribution in [0.1, 0.15) is 27.7 Å². The normalized spacial score (nSPS) is 15.9. The maximum Gasteiger partial charge on any atom is 0.192 e. The van der Waals surface area contributed by atoms with Gasteiger partial charge in [-0.05, 0) is 25.1 Å². The lowest BCUT2D eigenvalue weighted by atomic mass is 10.2. The zero-order valence-corrected chi connectivity index (χ0v) is 10.7. The fourth-order valence-corrected chi connectivity index (χ4v) is 1.67. The molecule has 1 unspecified atom stereocenters. The molecule has 0 aliphatic carbocycles. The molecule has 2 N–H and O–H groups in total. The highest BCUT2D eigenvalue weighted by atomic mass is 28.4. The van der Waals surface area contributed by atoms with Crippen molar-refractivity contribution in [3.63, 3.8) is 0 Å². The summed E-state index contributed by atoms with van der Waals surface area (Å²) in [6, 6.07) is 0. The molecule has 0 fully saturated rings. The second-order valence-corrected chi connectivity index (χ2v) is 9.83. The monoisotopic (exact) mass is 205 g/mol. The van der Waals surface area contributed by atoms with Crippen LogP contribution in [0, 0.1) is 0 Å². The van der Waals surface area contributed by atoms with Gasteiger partial charge in [-0.2, -0.15) is 0 Å². The van der Waals surface area contributed by atoms with Crippen LogP contribution >= 0.6 is 0 Å². The number of hydrogen-bond acceptors (Lipinski definition) is 3. The molecule has 0 spiro atoms. The van der Waals surface area contributed by atoms with E-state index in [4.69, 9.17) is 10.3 Å². The van der Waals surface area contributed by atoms with Gasteiger partial charge in [0.15, 0.2) is 8.32 Å². The van der Waals surface area contributed by atoms with Gasteiger partial charge in [-0.25, -0.2) is 5.90 Å². The van der Waals surface area contributed by atoms with Gasteiger partial charge in [-0.1, -0.05) is 20.8 Å². The molecular formula is C9H23NO2Si. The van der Waals surface area contributed by atoms with Crippen molar-refractivity contribution in [1.29, 1.82) is 0 Å². The number of rotatable bonds is 4. The highest BCUT2D eigenvalue weighted by Gasteiger charge is 2.37. The van der Waals surface area contributed by atoms with Crippen LogP contribution in [0.2, 0.25) is 18.1 Å². The molecule has 1 atom stereocenters. The van der Waals surface area contributed by atoms with E-state index in [2.05, 4.69) is 38.7 Å². The lowest BCUT2D eigenvalue weighted by Crippen LogP contribution is -2.42. The number of hydrogen-bond donors (Lipinski definition) is 1. The van der Waals surface area contributed by atoms with Crippen LogP contribution in [0.4, 0.5) is 0 Å². The van der Waals surface area contributed by atoms with Crippen molar-refractivity contribution in [2.75, 3.05) is 6.61 Å². The Bertz CT molecular complexity index is 154. The number of nitrogens with two attached hydrogens (primary N) is 1. The molecule has 0 saturated heterocycles. The molecule has 0 amide bonds. The van der Waals surface area contributed by atoms with Gasteiger partial charge in [0.25, 0.3) is 0 Å². The second kappa shape index (κ2) is 4.55. The SMILES string of the molecule is CC(CO[Si](C)(C)C(C)(C)C)ON. The van der Waals surface area contributed by atoms with Crippen LogP contribution < -0.4 is 5.90 Å². The van der Waals surface area contributed by atoms with Crippen LogP contribution in [0.25, 0.3) is 0 Å². The molecule has 0 aromatic carbocycles. The second-order valence-electron chi connectivity index (χ2n) is 5.02. The van der Waals surface area contributed by atoms with Crippen LogP contribution in [0.5, 0.6) is 0 Å².